The molecule has 14 nitrogen and oxygen atoms in total. The van der Waals surface area contributed by atoms with Gasteiger partial charge in [0, 0.05) is 17.7 Å². The second-order valence-corrected chi connectivity index (χ2v) is 10.2. The number of hydrogen-bond donors (Lipinski definition) is 7. The Kier molecular flexibility index (Phi) is 7.89. The van der Waals surface area contributed by atoms with Gasteiger partial charge in [0.15, 0.2) is 29.0 Å². The minimum absolute atomic E-state index is 0.0282. The molecule has 5 rings (SSSR count). The van der Waals surface area contributed by atoms with Crippen LogP contribution in [0.25, 0.3) is 22.3 Å². The van der Waals surface area contributed by atoms with Crippen LogP contribution in [0.5, 0.6) is 23.0 Å². The number of methoxy groups -OCH3 is 1. The van der Waals surface area contributed by atoms with Crippen molar-refractivity contribution < 1.29 is 63.9 Å². The van der Waals surface area contributed by atoms with E-state index in [4.69, 9.17) is 23.4 Å². The van der Waals surface area contributed by atoms with Crippen LogP contribution in [0.4, 0.5) is 0 Å². The third-order valence-electron chi connectivity index (χ3n) is 7.51. The molecule has 2 aliphatic heterocycles. The number of ether oxygens (including phenoxy) is 4. The number of Topliss-reactive ketones (excluding diaryl/α,β-unsaturated/α-hetero) is 1. The summed E-state index contributed by atoms with van der Waals surface area (Å²) in [5.74, 6) is -2.25. The summed E-state index contributed by atoms with van der Waals surface area (Å²) in [4.78, 5) is 25.9. The predicted octanol–water partition coefficient (Wildman–Crippen LogP) is 0.188. The summed E-state index contributed by atoms with van der Waals surface area (Å²) in [5, 5.41) is 73.2. The van der Waals surface area contributed by atoms with Gasteiger partial charge in [-0.2, -0.15) is 0 Å². The molecule has 2 aromatic carbocycles. The molecular formula is C28H30O14. The van der Waals surface area contributed by atoms with Gasteiger partial charge in [0.25, 0.3) is 0 Å². The first-order valence-electron chi connectivity index (χ1n) is 13.0. The normalized spacial score (nSPS) is 31.8. The van der Waals surface area contributed by atoms with Crippen molar-refractivity contribution in [3.63, 3.8) is 0 Å². The monoisotopic (exact) mass is 590 g/mol. The van der Waals surface area contributed by atoms with E-state index >= 15 is 0 Å². The Labute approximate surface area is 237 Å². The highest BCUT2D eigenvalue weighted by Crippen LogP contribution is 2.45. The second-order valence-electron chi connectivity index (χ2n) is 10.2. The molecule has 42 heavy (non-hydrogen) atoms. The molecule has 14 heteroatoms. The fourth-order valence-corrected chi connectivity index (χ4v) is 5.15. The Balaban J connectivity index is 1.58. The molecule has 0 amide bonds. The lowest BCUT2D eigenvalue weighted by molar-refractivity contribution is -0.323. The fourth-order valence-electron chi connectivity index (χ4n) is 5.15. The average Bonchev–Trinajstić information content (AvgIpc) is 2.95. The molecule has 0 spiro atoms. The number of carbonyl (C=O) groups excluding carboxylic acids is 1. The summed E-state index contributed by atoms with van der Waals surface area (Å²) in [6.45, 7) is 2.72. The van der Waals surface area contributed by atoms with Crippen LogP contribution in [-0.4, -0.2) is 97.7 Å². The van der Waals surface area contributed by atoms with Gasteiger partial charge < -0.3 is 59.1 Å². The molecule has 0 bridgehead atoms. The molecule has 0 saturated carbocycles. The van der Waals surface area contributed by atoms with Gasteiger partial charge in [-0.05, 0) is 32.0 Å². The van der Waals surface area contributed by atoms with Crippen molar-refractivity contribution in [2.75, 3.05) is 7.11 Å². The standard InChI is InChI=1S/C28H30O14/c1-9-21(33)24(36)27(42-28-25(37)23(35)20(32)10(2)40-28)26(39-9)19-14(31)8-17-18(22(19)34)13(30)7-15(41-17)11-4-5-12(29)16(6-11)38-3/h4-10,20,23-29,31-32,34-37H,1-3H3. The first kappa shape index (κ1) is 29.7. The van der Waals surface area contributed by atoms with E-state index in [9.17, 15) is 45.3 Å². The Morgan fingerprint density at radius 2 is 1.57 bits per heavy atom. The van der Waals surface area contributed by atoms with Crippen molar-refractivity contribution >= 4 is 16.8 Å². The number of carbonyl (C=O) groups is 1. The molecule has 3 heterocycles. The van der Waals surface area contributed by atoms with Gasteiger partial charge in [0.2, 0.25) is 0 Å². The zero-order valence-corrected chi connectivity index (χ0v) is 22.6. The third kappa shape index (κ3) is 4.96. The highest BCUT2D eigenvalue weighted by atomic mass is 16.7. The van der Waals surface area contributed by atoms with Gasteiger partial charge in [-0.25, -0.2) is 0 Å². The maximum absolute atomic E-state index is 13.2. The molecule has 0 aliphatic carbocycles. The highest BCUT2D eigenvalue weighted by molar-refractivity contribution is 5.90. The van der Waals surface area contributed by atoms with E-state index in [2.05, 4.69) is 0 Å². The highest BCUT2D eigenvalue weighted by Gasteiger charge is 2.50. The molecule has 3 aromatic rings. The minimum Gasteiger partial charge on any atom is -0.507 e. The number of rotatable bonds is 5. The van der Waals surface area contributed by atoms with E-state index < -0.39 is 83.4 Å². The third-order valence-corrected chi connectivity index (χ3v) is 7.51. The number of aliphatic hydroxyl groups excluding tert-OH is 4. The Morgan fingerprint density at radius 1 is 0.857 bits per heavy atom. The topological polar surface area (TPSA) is 226 Å². The lowest BCUT2D eigenvalue weighted by atomic mass is 9.90. The van der Waals surface area contributed by atoms with Crippen LogP contribution in [0.2, 0.25) is 0 Å². The smallest absolute Gasteiger partial charge is 0.197 e. The number of fused-ring (bicyclic) bond motifs is 1. The van der Waals surface area contributed by atoms with Crippen LogP contribution in [0, 0.1) is 0 Å². The number of phenolic OH excluding ortho intramolecular Hbond substituents is 3. The summed E-state index contributed by atoms with van der Waals surface area (Å²) in [5.41, 5.74) is -1.03. The van der Waals surface area contributed by atoms with Gasteiger partial charge in [-0.15, -0.1) is 0 Å². The number of phenols is 3. The first-order chi connectivity index (χ1) is 19.8. The molecule has 7 N–H and O–H groups in total. The van der Waals surface area contributed by atoms with E-state index in [0.29, 0.717) is 5.56 Å². The average molecular weight is 591 g/mol. The lowest BCUT2D eigenvalue weighted by Gasteiger charge is -2.44. The van der Waals surface area contributed by atoms with E-state index in [1.807, 2.05) is 0 Å². The van der Waals surface area contributed by atoms with Gasteiger partial charge in [0.1, 0.15) is 71.0 Å². The SMILES string of the molecule is COc1cc(-c2cc(=O)c3c(O)c(C4OC(C)C(=O)C(O)C4OC4OC(C)C(O)C(O)C4O)c(O)cc3o2)ccc1O. The Morgan fingerprint density at radius 3 is 2.26 bits per heavy atom. The van der Waals surface area contributed by atoms with Gasteiger partial charge >= 0.3 is 0 Å². The number of ketones is 1. The van der Waals surface area contributed by atoms with Crippen molar-refractivity contribution in [3.05, 3.63) is 46.1 Å². The van der Waals surface area contributed by atoms with Crippen molar-refractivity contribution in [3.8, 4) is 34.3 Å². The fraction of sp³-hybridized carbons (Fsp3) is 0.429. The zero-order valence-electron chi connectivity index (χ0n) is 22.6. The number of aliphatic hydroxyl groups is 4. The summed E-state index contributed by atoms with van der Waals surface area (Å²) in [7, 11) is 1.34. The summed E-state index contributed by atoms with van der Waals surface area (Å²) >= 11 is 0. The largest absolute Gasteiger partial charge is 0.507 e. The van der Waals surface area contributed by atoms with Crippen LogP contribution in [0.1, 0.15) is 25.5 Å². The van der Waals surface area contributed by atoms with Crippen molar-refractivity contribution in [1.82, 2.24) is 0 Å². The van der Waals surface area contributed by atoms with Gasteiger partial charge in [-0.1, -0.05) is 0 Å². The van der Waals surface area contributed by atoms with E-state index in [1.54, 1.807) is 0 Å². The van der Waals surface area contributed by atoms with Crippen molar-refractivity contribution in [1.29, 1.82) is 0 Å². The van der Waals surface area contributed by atoms with Crippen LogP contribution >= 0.6 is 0 Å². The van der Waals surface area contributed by atoms with Crippen LogP contribution in [0.3, 0.4) is 0 Å². The zero-order chi connectivity index (χ0) is 30.6. The van der Waals surface area contributed by atoms with Crippen molar-refractivity contribution in [2.45, 2.75) is 69.0 Å². The Bertz CT molecular complexity index is 1570. The van der Waals surface area contributed by atoms with E-state index in [1.165, 1.54) is 39.2 Å². The van der Waals surface area contributed by atoms with Gasteiger partial charge in [0.05, 0.1) is 18.8 Å². The summed E-state index contributed by atoms with van der Waals surface area (Å²) in [6, 6.07) is 6.33. The summed E-state index contributed by atoms with van der Waals surface area (Å²) in [6.07, 6.45) is -14.1. The van der Waals surface area contributed by atoms with Crippen LogP contribution in [-0.2, 0) is 19.0 Å². The number of benzene rings is 2. The molecule has 9 atom stereocenters. The molecule has 0 radical (unpaired) electrons. The first-order valence-corrected chi connectivity index (χ1v) is 13.0. The molecule has 226 valence electrons. The quantitative estimate of drug-likeness (QED) is 0.211. The van der Waals surface area contributed by atoms with E-state index in [0.717, 1.165) is 12.1 Å². The van der Waals surface area contributed by atoms with E-state index in [-0.39, 0.29) is 28.2 Å². The lowest BCUT2D eigenvalue weighted by Crippen LogP contribution is -2.60. The molecular weight excluding hydrogens is 560 g/mol. The second kappa shape index (κ2) is 11.1. The number of hydrogen-bond acceptors (Lipinski definition) is 14. The molecule has 2 saturated heterocycles. The minimum atomic E-state index is -1.91. The van der Waals surface area contributed by atoms with Crippen LogP contribution in [0.15, 0.2) is 39.5 Å². The number of aromatic hydroxyl groups is 3. The molecule has 2 fully saturated rings. The predicted molar refractivity (Wildman–Crippen MR) is 141 cm³/mol. The molecule has 1 aromatic heterocycles. The summed E-state index contributed by atoms with van der Waals surface area (Å²) < 4.78 is 27.7. The van der Waals surface area contributed by atoms with Crippen LogP contribution < -0.4 is 10.2 Å². The molecule has 9 unspecified atom stereocenters. The molecule has 2 aliphatic rings. The Hall–Kier alpha value is -3.76. The van der Waals surface area contributed by atoms with Crippen molar-refractivity contribution in [2.24, 2.45) is 0 Å². The maximum atomic E-state index is 13.2. The maximum Gasteiger partial charge on any atom is 0.197 e. The van der Waals surface area contributed by atoms with Gasteiger partial charge in [-0.3, -0.25) is 9.59 Å².